The Kier molecular flexibility index (Phi) is 7.34. The van der Waals surface area contributed by atoms with Crippen LogP contribution in [0, 0.1) is 0 Å². The Hall–Kier alpha value is -1.63. The molecule has 31 heavy (non-hydrogen) atoms. The molecule has 1 aliphatic rings. The first-order chi connectivity index (χ1) is 14.6. The quantitative estimate of drug-likeness (QED) is 0.284. The Bertz CT molecular complexity index is 891. The molecular weight excluding hydrogens is 470 g/mol. The van der Waals surface area contributed by atoms with Gasteiger partial charge in [-0.05, 0) is 52.5 Å². The van der Waals surface area contributed by atoms with E-state index in [1.54, 1.807) is 7.11 Å². The summed E-state index contributed by atoms with van der Waals surface area (Å²) in [5.41, 5.74) is 3.17. The average Bonchev–Trinajstić information content (AvgIpc) is 2.72. The number of benzene rings is 2. The Morgan fingerprint density at radius 1 is 0.903 bits per heavy atom. The molecule has 168 valence electrons. The normalized spacial score (nSPS) is 19.3. The SMILES string of the molecule is COc1ccc(N2C(=O)[C@H](O[Si](C(C)C)(C(C)C)C(C)C)[C@@H]2c2ccccc2Br)cc1. The lowest BCUT2D eigenvalue weighted by atomic mass is 9.90. The van der Waals surface area contributed by atoms with Gasteiger partial charge >= 0.3 is 0 Å². The Morgan fingerprint density at radius 2 is 1.45 bits per heavy atom. The van der Waals surface area contributed by atoms with Crippen molar-refractivity contribution in [1.82, 2.24) is 0 Å². The monoisotopic (exact) mass is 503 g/mol. The van der Waals surface area contributed by atoms with Crippen LogP contribution in [0.3, 0.4) is 0 Å². The molecule has 0 N–H and O–H groups in total. The van der Waals surface area contributed by atoms with Crippen LogP contribution in [0.15, 0.2) is 53.0 Å². The lowest BCUT2D eigenvalue weighted by Crippen LogP contribution is -2.65. The number of nitrogens with zero attached hydrogens (tertiary/aromatic N) is 1. The van der Waals surface area contributed by atoms with E-state index in [2.05, 4.69) is 63.5 Å². The van der Waals surface area contributed by atoms with Gasteiger partial charge in [-0.3, -0.25) is 9.69 Å². The highest BCUT2D eigenvalue weighted by molar-refractivity contribution is 9.10. The molecular formula is C25H34BrNO3Si. The summed E-state index contributed by atoms with van der Waals surface area (Å²) in [4.78, 5) is 15.4. The van der Waals surface area contributed by atoms with Gasteiger partial charge in [-0.15, -0.1) is 0 Å². The van der Waals surface area contributed by atoms with Gasteiger partial charge in [0.15, 0.2) is 6.10 Å². The third kappa shape index (κ3) is 4.22. The van der Waals surface area contributed by atoms with Crippen molar-refractivity contribution in [3.63, 3.8) is 0 Å². The maximum absolute atomic E-state index is 13.5. The van der Waals surface area contributed by atoms with E-state index in [1.165, 1.54) is 0 Å². The first kappa shape index (κ1) is 24.0. The summed E-state index contributed by atoms with van der Waals surface area (Å²) in [6.07, 6.45) is -0.473. The standard InChI is InChI=1S/C25H34BrNO3Si/c1-16(2)31(17(3)4,18(5)6)30-24-23(21-10-8-9-11-22(21)26)27(25(24)28)19-12-14-20(29-7)15-13-19/h8-18,23-24H,1-7H3/t23-,24+/m0/s1. The third-order valence-electron chi connectivity index (χ3n) is 6.66. The van der Waals surface area contributed by atoms with Crippen molar-refractivity contribution >= 4 is 35.8 Å². The molecule has 1 heterocycles. The number of carbonyl (C=O) groups excluding carboxylic acids is 1. The number of β-lactam (4-membered cyclic amide) rings is 1. The topological polar surface area (TPSA) is 38.8 Å². The molecule has 6 heteroatoms. The number of carbonyl (C=O) groups is 1. The van der Waals surface area contributed by atoms with Crippen molar-refractivity contribution in [1.29, 1.82) is 0 Å². The molecule has 3 rings (SSSR count). The predicted octanol–water partition coefficient (Wildman–Crippen LogP) is 7.11. The van der Waals surface area contributed by atoms with Crippen LogP contribution < -0.4 is 9.64 Å². The van der Waals surface area contributed by atoms with Gasteiger partial charge in [0.05, 0.1) is 13.2 Å². The van der Waals surface area contributed by atoms with E-state index in [-0.39, 0.29) is 11.9 Å². The molecule has 1 fully saturated rings. The summed E-state index contributed by atoms with van der Waals surface area (Å²) in [5, 5.41) is 0. The summed E-state index contributed by atoms with van der Waals surface area (Å²) in [5.74, 6) is 0.803. The summed E-state index contributed by atoms with van der Waals surface area (Å²) in [6.45, 7) is 13.5. The van der Waals surface area contributed by atoms with E-state index in [4.69, 9.17) is 9.16 Å². The molecule has 4 nitrogen and oxygen atoms in total. The molecule has 0 bridgehead atoms. The maximum Gasteiger partial charge on any atom is 0.258 e. The van der Waals surface area contributed by atoms with Gasteiger partial charge in [-0.2, -0.15) is 0 Å². The molecule has 2 aromatic carbocycles. The summed E-state index contributed by atoms with van der Waals surface area (Å²) in [7, 11) is -0.578. The van der Waals surface area contributed by atoms with Crippen LogP contribution in [0.5, 0.6) is 5.75 Å². The number of anilines is 1. The van der Waals surface area contributed by atoms with Crippen LogP contribution in [0.2, 0.25) is 16.6 Å². The highest BCUT2D eigenvalue weighted by atomic mass is 79.9. The Balaban J connectivity index is 2.05. The smallest absolute Gasteiger partial charge is 0.258 e. The van der Waals surface area contributed by atoms with E-state index in [0.29, 0.717) is 16.6 Å². The minimum Gasteiger partial charge on any atom is -0.497 e. The van der Waals surface area contributed by atoms with Crippen molar-refractivity contribution in [3.8, 4) is 5.75 Å². The molecule has 0 aliphatic carbocycles. The van der Waals surface area contributed by atoms with Crippen molar-refractivity contribution in [2.45, 2.75) is 70.3 Å². The van der Waals surface area contributed by atoms with E-state index < -0.39 is 14.4 Å². The van der Waals surface area contributed by atoms with E-state index in [9.17, 15) is 4.79 Å². The average molecular weight is 505 g/mol. The molecule has 0 unspecified atom stereocenters. The molecule has 0 spiro atoms. The van der Waals surface area contributed by atoms with Gasteiger partial charge in [0.1, 0.15) is 5.75 Å². The minimum atomic E-state index is -2.22. The molecule has 0 aromatic heterocycles. The van der Waals surface area contributed by atoms with Gasteiger partial charge < -0.3 is 9.16 Å². The largest absolute Gasteiger partial charge is 0.497 e. The highest BCUT2D eigenvalue weighted by Crippen LogP contribution is 2.49. The summed E-state index contributed by atoms with van der Waals surface area (Å²) >= 11 is 3.71. The van der Waals surface area contributed by atoms with Gasteiger partial charge in [0.25, 0.3) is 5.91 Å². The van der Waals surface area contributed by atoms with Gasteiger partial charge in [-0.1, -0.05) is 75.7 Å². The fraction of sp³-hybridized carbons (Fsp3) is 0.480. The molecule has 2 atom stereocenters. The Morgan fingerprint density at radius 3 is 1.94 bits per heavy atom. The van der Waals surface area contributed by atoms with Crippen LogP contribution in [-0.4, -0.2) is 27.4 Å². The van der Waals surface area contributed by atoms with Crippen molar-refractivity contribution in [2.24, 2.45) is 0 Å². The van der Waals surface area contributed by atoms with Crippen LogP contribution in [0.1, 0.15) is 53.1 Å². The molecule has 0 radical (unpaired) electrons. The zero-order valence-corrected chi connectivity index (χ0v) is 22.1. The molecule has 2 aromatic rings. The molecule has 1 saturated heterocycles. The number of ether oxygens (including phenoxy) is 1. The van der Waals surface area contributed by atoms with Crippen LogP contribution in [0.4, 0.5) is 5.69 Å². The molecule has 1 amide bonds. The number of halogens is 1. The van der Waals surface area contributed by atoms with Gasteiger partial charge in [0.2, 0.25) is 8.32 Å². The minimum absolute atomic E-state index is 0.0322. The van der Waals surface area contributed by atoms with Crippen molar-refractivity contribution < 1.29 is 14.0 Å². The second-order valence-electron chi connectivity index (χ2n) is 9.23. The van der Waals surface area contributed by atoms with Gasteiger partial charge in [-0.25, -0.2) is 0 Å². The van der Waals surface area contributed by atoms with Crippen molar-refractivity contribution in [2.75, 3.05) is 12.0 Å². The highest BCUT2D eigenvalue weighted by Gasteiger charge is 2.56. The Labute approximate surface area is 196 Å². The van der Waals surface area contributed by atoms with Gasteiger partial charge in [0, 0.05) is 10.2 Å². The maximum atomic E-state index is 13.5. The summed E-state index contributed by atoms with van der Waals surface area (Å²) < 4.78 is 13.3. The third-order valence-corrected chi connectivity index (χ3v) is 13.5. The first-order valence-electron chi connectivity index (χ1n) is 11.0. The number of rotatable bonds is 8. The van der Waals surface area contributed by atoms with E-state index in [1.807, 2.05) is 47.4 Å². The number of hydrogen-bond donors (Lipinski definition) is 0. The number of amides is 1. The molecule has 1 aliphatic heterocycles. The van der Waals surface area contributed by atoms with E-state index in [0.717, 1.165) is 21.5 Å². The second-order valence-corrected chi connectivity index (χ2v) is 15.5. The first-order valence-corrected chi connectivity index (χ1v) is 14.0. The van der Waals surface area contributed by atoms with E-state index >= 15 is 0 Å². The fourth-order valence-electron chi connectivity index (χ4n) is 5.25. The fourth-order valence-corrected chi connectivity index (χ4v) is 11.3. The number of methoxy groups -OCH3 is 1. The number of hydrogen-bond acceptors (Lipinski definition) is 3. The van der Waals surface area contributed by atoms with Crippen LogP contribution in [0.25, 0.3) is 0 Å². The zero-order valence-electron chi connectivity index (χ0n) is 19.6. The lowest BCUT2D eigenvalue weighted by Gasteiger charge is -2.53. The zero-order chi connectivity index (χ0) is 22.9. The van der Waals surface area contributed by atoms with Crippen LogP contribution >= 0.6 is 15.9 Å². The molecule has 0 saturated carbocycles. The second kappa shape index (κ2) is 9.47. The summed E-state index contributed by atoms with van der Waals surface area (Å²) in [6, 6.07) is 15.6. The lowest BCUT2D eigenvalue weighted by molar-refractivity contribution is -0.136. The van der Waals surface area contributed by atoms with Crippen LogP contribution in [-0.2, 0) is 9.22 Å². The predicted molar refractivity (Wildman–Crippen MR) is 133 cm³/mol. The van der Waals surface area contributed by atoms with Crippen molar-refractivity contribution in [3.05, 3.63) is 58.6 Å².